The summed E-state index contributed by atoms with van der Waals surface area (Å²) in [6, 6.07) is 21.6. The molecule has 27 heavy (non-hydrogen) atoms. The van der Waals surface area contributed by atoms with Gasteiger partial charge in [0.25, 0.3) is 0 Å². The van der Waals surface area contributed by atoms with E-state index in [0.717, 1.165) is 33.5 Å². The Morgan fingerprint density at radius 2 is 1.81 bits per heavy atom. The molecule has 0 atom stereocenters. The van der Waals surface area contributed by atoms with Crippen LogP contribution < -0.4 is 10.5 Å². The van der Waals surface area contributed by atoms with Gasteiger partial charge >= 0.3 is 0 Å². The smallest absolute Gasteiger partial charge is 0.221 e. The molecule has 0 aliphatic carbocycles. The molecule has 1 aromatic heterocycles. The third-order valence-electron chi connectivity index (χ3n) is 4.27. The van der Waals surface area contributed by atoms with Gasteiger partial charge in [-0.05, 0) is 42.8 Å². The Bertz CT molecular complexity index is 1130. The zero-order valence-corrected chi connectivity index (χ0v) is 15.6. The van der Waals surface area contributed by atoms with Crippen LogP contribution in [0.1, 0.15) is 11.1 Å². The zero-order valence-electron chi connectivity index (χ0n) is 14.8. The lowest BCUT2D eigenvalue weighted by Crippen LogP contribution is -1.99. The van der Waals surface area contributed by atoms with Crippen molar-refractivity contribution in [2.24, 2.45) is 0 Å². The molecule has 0 saturated carbocycles. The summed E-state index contributed by atoms with van der Waals surface area (Å²) in [6.07, 6.45) is 0. The van der Waals surface area contributed by atoms with Crippen LogP contribution >= 0.6 is 11.6 Å². The number of nitrogen functional groups attached to an aromatic ring is 1. The van der Waals surface area contributed by atoms with E-state index in [2.05, 4.69) is 35.1 Å². The molecular weight excluding hydrogens is 358 g/mol. The van der Waals surface area contributed by atoms with Gasteiger partial charge < -0.3 is 10.5 Å². The molecule has 0 radical (unpaired) electrons. The summed E-state index contributed by atoms with van der Waals surface area (Å²) in [7, 11) is 0. The monoisotopic (exact) mass is 375 g/mol. The summed E-state index contributed by atoms with van der Waals surface area (Å²) < 4.78 is 5.97. The highest BCUT2D eigenvalue weighted by atomic mass is 35.5. The molecule has 0 bridgehead atoms. The van der Waals surface area contributed by atoms with Crippen LogP contribution in [-0.4, -0.2) is 9.97 Å². The average Bonchev–Trinajstić information content (AvgIpc) is 2.66. The van der Waals surface area contributed by atoms with E-state index in [9.17, 15) is 0 Å². The standard InChI is InChI=1S/C22H18ClN3O/c1-14-4-2-5-15(10-14)13-27-18-7-3-6-16(11-18)21-19-12-17(23)8-9-20(19)25-22(24)26-21/h2-12H,13H2,1H3,(H2,24,25,26). The molecule has 4 nitrogen and oxygen atoms in total. The van der Waals surface area contributed by atoms with Crippen molar-refractivity contribution in [3.63, 3.8) is 0 Å². The van der Waals surface area contributed by atoms with Crippen molar-refractivity contribution >= 4 is 28.5 Å². The second kappa shape index (κ2) is 7.25. The lowest BCUT2D eigenvalue weighted by Gasteiger charge is -2.11. The van der Waals surface area contributed by atoms with E-state index in [1.165, 1.54) is 5.56 Å². The number of fused-ring (bicyclic) bond motifs is 1. The van der Waals surface area contributed by atoms with Gasteiger partial charge in [0.05, 0.1) is 11.2 Å². The molecule has 0 aliphatic heterocycles. The summed E-state index contributed by atoms with van der Waals surface area (Å²) in [5.41, 5.74) is 10.6. The summed E-state index contributed by atoms with van der Waals surface area (Å²) in [4.78, 5) is 8.72. The van der Waals surface area contributed by atoms with Crippen LogP contribution in [0.3, 0.4) is 0 Å². The van der Waals surface area contributed by atoms with Gasteiger partial charge in [0, 0.05) is 16.0 Å². The number of aromatic nitrogens is 2. The van der Waals surface area contributed by atoms with Crippen molar-refractivity contribution in [3.8, 4) is 17.0 Å². The van der Waals surface area contributed by atoms with E-state index in [0.29, 0.717) is 11.6 Å². The Hall–Kier alpha value is -3.11. The zero-order chi connectivity index (χ0) is 18.8. The molecule has 0 saturated heterocycles. The van der Waals surface area contributed by atoms with Crippen LogP contribution in [0.2, 0.25) is 5.02 Å². The fourth-order valence-corrected chi connectivity index (χ4v) is 3.21. The van der Waals surface area contributed by atoms with Crippen molar-refractivity contribution in [2.75, 3.05) is 5.73 Å². The molecule has 0 aliphatic rings. The largest absolute Gasteiger partial charge is 0.489 e. The van der Waals surface area contributed by atoms with Crippen molar-refractivity contribution in [1.29, 1.82) is 0 Å². The van der Waals surface area contributed by atoms with Gasteiger partial charge in [-0.1, -0.05) is 53.6 Å². The number of anilines is 1. The fourth-order valence-electron chi connectivity index (χ4n) is 3.04. The van der Waals surface area contributed by atoms with Gasteiger partial charge in [-0.2, -0.15) is 0 Å². The number of benzene rings is 3. The normalized spacial score (nSPS) is 10.9. The first-order valence-corrected chi connectivity index (χ1v) is 8.98. The SMILES string of the molecule is Cc1cccc(COc2cccc(-c3nc(N)nc4ccc(Cl)cc34)c2)c1. The molecule has 5 heteroatoms. The molecule has 1 heterocycles. The van der Waals surface area contributed by atoms with Crippen LogP contribution in [0.15, 0.2) is 66.7 Å². The molecule has 0 unspecified atom stereocenters. The van der Waals surface area contributed by atoms with Crippen LogP contribution in [0, 0.1) is 6.92 Å². The minimum atomic E-state index is 0.228. The molecule has 0 amide bonds. The Morgan fingerprint density at radius 1 is 0.963 bits per heavy atom. The third-order valence-corrected chi connectivity index (χ3v) is 4.51. The molecule has 4 aromatic rings. The van der Waals surface area contributed by atoms with E-state index in [1.807, 2.05) is 42.5 Å². The number of halogens is 1. The Labute approximate surface area is 162 Å². The van der Waals surface area contributed by atoms with E-state index in [1.54, 1.807) is 6.07 Å². The van der Waals surface area contributed by atoms with Crippen molar-refractivity contribution in [1.82, 2.24) is 9.97 Å². The van der Waals surface area contributed by atoms with E-state index in [4.69, 9.17) is 22.1 Å². The average molecular weight is 376 g/mol. The maximum Gasteiger partial charge on any atom is 0.221 e. The summed E-state index contributed by atoms with van der Waals surface area (Å²) in [5, 5.41) is 1.48. The Kier molecular flexibility index (Phi) is 4.65. The lowest BCUT2D eigenvalue weighted by atomic mass is 10.1. The number of hydrogen-bond acceptors (Lipinski definition) is 4. The molecule has 2 N–H and O–H groups in total. The quantitative estimate of drug-likeness (QED) is 0.517. The van der Waals surface area contributed by atoms with Gasteiger partial charge in [0.2, 0.25) is 5.95 Å². The number of rotatable bonds is 4. The van der Waals surface area contributed by atoms with Crippen molar-refractivity contribution in [3.05, 3.63) is 82.9 Å². The maximum absolute atomic E-state index is 6.17. The molecule has 134 valence electrons. The van der Waals surface area contributed by atoms with Crippen molar-refractivity contribution in [2.45, 2.75) is 13.5 Å². The third kappa shape index (κ3) is 3.86. The highest BCUT2D eigenvalue weighted by Gasteiger charge is 2.10. The fraction of sp³-hybridized carbons (Fsp3) is 0.0909. The predicted octanol–water partition coefficient (Wildman–Crippen LogP) is 5.42. The highest BCUT2D eigenvalue weighted by molar-refractivity contribution is 6.31. The minimum Gasteiger partial charge on any atom is -0.489 e. The van der Waals surface area contributed by atoms with E-state index < -0.39 is 0 Å². The van der Waals surface area contributed by atoms with Gasteiger partial charge in [-0.25, -0.2) is 9.97 Å². The summed E-state index contributed by atoms with van der Waals surface area (Å²) in [6.45, 7) is 2.57. The Morgan fingerprint density at radius 3 is 2.67 bits per heavy atom. The second-order valence-corrected chi connectivity index (χ2v) is 6.83. The van der Waals surface area contributed by atoms with Crippen LogP contribution in [0.5, 0.6) is 5.75 Å². The summed E-state index contributed by atoms with van der Waals surface area (Å²) >= 11 is 6.17. The Balaban J connectivity index is 1.68. The van der Waals surface area contributed by atoms with Gasteiger partial charge in [-0.3, -0.25) is 0 Å². The van der Waals surface area contributed by atoms with Gasteiger partial charge in [0.15, 0.2) is 0 Å². The molecular formula is C22H18ClN3O. The first-order chi connectivity index (χ1) is 13.1. The van der Waals surface area contributed by atoms with Gasteiger partial charge in [0.1, 0.15) is 12.4 Å². The molecule has 0 spiro atoms. The number of ether oxygens (including phenoxy) is 1. The lowest BCUT2D eigenvalue weighted by molar-refractivity contribution is 0.306. The van der Waals surface area contributed by atoms with Gasteiger partial charge in [-0.15, -0.1) is 0 Å². The first kappa shape index (κ1) is 17.3. The number of nitrogens with two attached hydrogens (primary N) is 1. The van der Waals surface area contributed by atoms with Crippen LogP contribution in [-0.2, 0) is 6.61 Å². The predicted molar refractivity (Wildman–Crippen MR) is 110 cm³/mol. The van der Waals surface area contributed by atoms with E-state index in [-0.39, 0.29) is 5.95 Å². The summed E-state index contributed by atoms with van der Waals surface area (Å²) in [5.74, 6) is 0.993. The first-order valence-electron chi connectivity index (χ1n) is 8.60. The topological polar surface area (TPSA) is 61.0 Å². The number of hydrogen-bond donors (Lipinski definition) is 1. The molecule has 3 aromatic carbocycles. The molecule has 4 rings (SSSR count). The van der Waals surface area contributed by atoms with Crippen LogP contribution in [0.25, 0.3) is 22.2 Å². The van der Waals surface area contributed by atoms with E-state index >= 15 is 0 Å². The maximum atomic E-state index is 6.17. The highest BCUT2D eigenvalue weighted by Crippen LogP contribution is 2.31. The number of aryl methyl sites for hydroxylation is 1. The van der Waals surface area contributed by atoms with Crippen LogP contribution in [0.4, 0.5) is 5.95 Å². The minimum absolute atomic E-state index is 0.228. The molecule has 0 fully saturated rings. The van der Waals surface area contributed by atoms with Crippen molar-refractivity contribution < 1.29 is 4.74 Å². The second-order valence-electron chi connectivity index (χ2n) is 6.40. The number of nitrogens with zero attached hydrogens (tertiary/aromatic N) is 2.